The molecule has 0 saturated carbocycles. The fourth-order valence-electron chi connectivity index (χ4n) is 0.708. The molecule has 1 aliphatic heterocycles. The van der Waals surface area contributed by atoms with Crippen LogP contribution in [0.1, 0.15) is 0 Å². The first-order chi connectivity index (χ1) is 3.72. The molecule has 1 atom stereocenters. The van der Waals surface area contributed by atoms with Gasteiger partial charge in [-0.25, -0.2) is 5.01 Å². The van der Waals surface area contributed by atoms with Crippen LogP contribution in [0.3, 0.4) is 0 Å². The second kappa shape index (κ2) is 2.17. The fourth-order valence-corrected chi connectivity index (χ4v) is 1.92. The summed E-state index contributed by atoms with van der Waals surface area (Å²) >= 11 is 0. The van der Waals surface area contributed by atoms with Gasteiger partial charge in [-0.3, -0.25) is 0 Å². The average molecular weight is 132 g/mol. The van der Waals surface area contributed by atoms with Crippen molar-refractivity contribution in [2.45, 2.75) is 0 Å². The van der Waals surface area contributed by atoms with Crippen LogP contribution in [-0.4, -0.2) is 41.7 Å². The summed E-state index contributed by atoms with van der Waals surface area (Å²) in [5.74, 6) is 5.21. The second-order valence-corrected chi connectivity index (χ2v) is 3.87. The summed E-state index contributed by atoms with van der Waals surface area (Å²) in [6.07, 6.45) is 0. The Labute approximate surface area is 53.1 Å². The van der Waals surface area contributed by atoms with E-state index in [-0.39, 0.29) is 10.7 Å². The minimum atomic E-state index is 0.262. The van der Waals surface area contributed by atoms with Crippen LogP contribution in [0.2, 0.25) is 0 Å². The normalized spacial score (nSPS) is 34.0. The molecular formula is C5H12N2S. The van der Waals surface area contributed by atoms with Gasteiger partial charge >= 0.3 is 0 Å². The molecule has 0 aromatic carbocycles. The summed E-state index contributed by atoms with van der Waals surface area (Å²) in [5, 5.41) is 2.20. The predicted molar refractivity (Wildman–Crippen MR) is 40.0 cm³/mol. The Morgan fingerprint density at radius 1 is 1.50 bits per heavy atom. The van der Waals surface area contributed by atoms with Crippen LogP contribution >= 0.6 is 10.7 Å². The molecule has 2 nitrogen and oxygen atoms in total. The highest BCUT2D eigenvalue weighted by atomic mass is 32.2. The highest BCUT2D eigenvalue weighted by Gasteiger charge is 2.14. The molecule has 1 rings (SSSR count). The zero-order valence-electron chi connectivity index (χ0n) is 5.42. The van der Waals surface area contributed by atoms with Crippen molar-refractivity contribution in [1.82, 2.24) is 9.42 Å². The molecule has 0 radical (unpaired) electrons. The molecule has 0 aliphatic carbocycles. The number of nitrogens with zero attached hydrogens (tertiary/aromatic N) is 2. The second-order valence-electron chi connectivity index (χ2n) is 2.01. The molecule has 48 valence electrons. The van der Waals surface area contributed by atoms with Gasteiger partial charge in [0, 0.05) is 26.4 Å². The van der Waals surface area contributed by atoms with Crippen LogP contribution < -0.4 is 0 Å². The first-order valence-electron chi connectivity index (χ1n) is 2.67. The SMILES string of the molecule is C=S1CCN(C)N1C. The predicted octanol–water partition coefficient (Wildman–Crippen LogP) is 0.395. The quantitative estimate of drug-likeness (QED) is 0.440. The van der Waals surface area contributed by atoms with Crippen LogP contribution in [0.25, 0.3) is 0 Å². The molecule has 1 fully saturated rings. The molecule has 0 amide bonds. The van der Waals surface area contributed by atoms with E-state index >= 15 is 0 Å². The van der Waals surface area contributed by atoms with Gasteiger partial charge in [-0.15, -0.1) is 10.7 Å². The lowest BCUT2D eigenvalue weighted by Gasteiger charge is -2.18. The lowest BCUT2D eigenvalue weighted by atomic mass is 10.7. The standard InChI is InChI=1S/C5H12N2S/c1-6-4-5-8(3)7(6)2/h3-5H2,1-2H3. The number of hydrogen-bond acceptors (Lipinski definition) is 2. The maximum atomic E-state index is 3.98. The van der Waals surface area contributed by atoms with Crippen LogP contribution in [0.4, 0.5) is 0 Å². The van der Waals surface area contributed by atoms with Gasteiger partial charge in [0.25, 0.3) is 0 Å². The Bertz CT molecular complexity index is 113. The maximum Gasteiger partial charge on any atom is 0.0237 e. The monoisotopic (exact) mass is 132 g/mol. The highest BCUT2D eigenvalue weighted by Crippen LogP contribution is 2.22. The number of hydrazine groups is 1. The largest absolute Gasteiger partial charge is 0.235 e. The van der Waals surface area contributed by atoms with Crippen molar-refractivity contribution in [1.29, 1.82) is 0 Å². The smallest absolute Gasteiger partial charge is 0.0237 e. The lowest BCUT2D eigenvalue weighted by Crippen LogP contribution is -2.25. The van der Waals surface area contributed by atoms with Crippen LogP contribution in [0, 0.1) is 0 Å². The number of hydrogen-bond donors (Lipinski definition) is 0. The van der Waals surface area contributed by atoms with Gasteiger partial charge in [-0.05, 0) is 0 Å². The van der Waals surface area contributed by atoms with Crippen LogP contribution in [0.5, 0.6) is 0 Å². The first kappa shape index (κ1) is 6.26. The van der Waals surface area contributed by atoms with E-state index in [2.05, 4.69) is 29.4 Å². The van der Waals surface area contributed by atoms with Crippen molar-refractivity contribution in [2.75, 3.05) is 26.4 Å². The topological polar surface area (TPSA) is 6.48 Å². The minimum Gasteiger partial charge on any atom is -0.235 e. The van der Waals surface area contributed by atoms with Gasteiger partial charge in [-0.1, -0.05) is 5.87 Å². The zero-order valence-corrected chi connectivity index (χ0v) is 6.24. The molecule has 1 unspecified atom stereocenters. The molecule has 0 spiro atoms. The summed E-state index contributed by atoms with van der Waals surface area (Å²) in [4.78, 5) is 0. The maximum absolute atomic E-state index is 3.98. The summed E-state index contributed by atoms with van der Waals surface area (Å²) in [6.45, 7) is 1.17. The van der Waals surface area contributed by atoms with E-state index < -0.39 is 0 Å². The molecule has 8 heavy (non-hydrogen) atoms. The van der Waals surface area contributed by atoms with E-state index in [9.17, 15) is 0 Å². The molecule has 0 bridgehead atoms. The fraction of sp³-hybridized carbons (Fsp3) is 0.800. The molecule has 1 aliphatic rings. The first-order valence-corrected chi connectivity index (χ1v) is 4.19. The van der Waals surface area contributed by atoms with Gasteiger partial charge in [0.1, 0.15) is 0 Å². The molecular weight excluding hydrogens is 120 g/mol. The van der Waals surface area contributed by atoms with Gasteiger partial charge in [0.2, 0.25) is 0 Å². The summed E-state index contributed by atoms with van der Waals surface area (Å²) in [7, 11) is 4.44. The molecule has 1 heterocycles. The van der Waals surface area contributed by atoms with E-state index in [1.54, 1.807) is 0 Å². The highest BCUT2D eigenvalue weighted by molar-refractivity contribution is 8.12. The average Bonchev–Trinajstić information content (AvgIpc) is 1.98. The van der Waals surface area contributed by atoms with Gasteiger partial charge in [-0.2, -0.15) is 4.41 Å². The van der Waals surface area contributed by atoms with E-state index in [0.717, 1.165) is 0 Å². The third kappa shape index (κ3) is 0.940. The minimum absolute atomic E-state index is 0.262. The summed E-state index contributed by atoms with van der Waals surface area (Å²) in [6, 6.07) is 0. The van der Waals surface area contributed by atoms with Crippen LogP contribution in [0.15, 0.2) is 0 Å². The number of rotatable bonds is 0. The molecule has 0 aromatic rings. The summed E-state index contributed by atoms with van der Waals surface area (Å²) < 4.78 is 2.19. The van der Waals surface area contributed by atoms with Crippen molar-refractivity contribution in [3.05, 3.63) is 0 Å². The van der Waals surface area contributed by atoms with E-state index in [1.807, 2.05) is 0 Å². The van der Waals surface area contributed by atoms with Crippen LogP contribution in [-0.2, 0) is 0 Å². The van der Waals surface area contributed by atoms with Crippen molar-refractivity contribution >= 4 is 16.5 Å². The lowest BCUT2D eigenvalue weighted by molar-refractivity contribution is 0.165. The third-order valence-electron chi connectivity index (χ3n) is 1.50. The van der Waals surface area contributed by atoms with Gasteiger partial charge in [0.15, 0.2) is 0 Å². The molecule has 0 N–H and O–H groups in total. The van der Waals surface area contributed by atoms with Crippen molar-refractivity contribution in [2.24, 2.45) is 0 Å². The molecule has 3 heteroatoms. The Morgan fingerprint density at radius 2 is 2.12 bits per heavy atom. The Morgan fingerprint density at radius 3 is 2.25 bits per heavy atom. The Hall–Kier alpha value is 0.140. The Kier molecular flexibility index (Phi) is 1.70. The van der Waals surface area contributed by atoms with Gasteiger partial charge < -0.3 is 0 Å². The molecule has 1 saturated heterocycles. The third-order valence-corrected chi connectivity index (χ3v) is 3.18. The van der Waals surface area contributed by atoms with Crippen molar-refractivity contribution in [3.8, 4) is 0 Å². The zero-order chi connectivity index (χ0) is 6.15. The molecule has 0 aromatic heterocycles. The van der Waals surface area contributed by atoms with Gasteiger partial charge in [0.05, 0.1) is 0 Å². The van der Waals surface area contributed by atoms with Crippen molar-refractivity contribution in [3.63, 3.8) is 0 Å². The van der Waals surface area contributed by atoms with E-state index in [4.69, 9.17) is 0 Å². The summed E-state index contributed by atoms with van der Waals surface area (Å²) in [5.41, 5.74) is 0. The van der Waals surface area contributed by atoms with Crippen molar-refractivity contribution < 1.29 is 0 Å². The van der Waals surface area contributed by atoms with E-state index in [1.165, 1.54) is 12.3 Å². The van der Waals surface area contributed by atoms with E-state index in [0.29, 0.717) is 0 Å². The Balaban J connectivity index is 2.56.